The van der Waals surface area contributed by atoms with E-state index >= 15 is 0 Å². The fourth-order valence-corrected chi connectivity index (χ4v) is 1.90. The van der Waals surface area contributed by atoms with E-state index in [1.165, 1.54) is 0 Å². The lowest BCUT2D eigenvalue weighted by molar-refractivity contribution is -0.00675. The van der Waals surface area contributed by atoms with Crippen LogP contribution < -0.4 is 0 Å². The Hall–Kier alpha value is -0.390. The summed E-state index contributed by atoms with van der Waals surface area (Å²) in [5, 5.41) is 14.3. The summed E-state index contributed by atoms with van der Waals surface area (Å²) in [6.07, 6.45) is 0.769. The van der Waals surface area contributed by atoms with Gasteiger partial charge in [0, 0.05) is 13.2 Å². The summed E-state index contributed by atoms with van der Waals surface area (Å²) in [5.41, 5.74) is 0.763. The first-order valence-electron chi connectivity index (χ1n) is 4.92. The van der Waals surface area contributed by atoms with Crippen molar-refractivity contribution >= 4 is 15.9 Å². The van der Waals surface area contributed by atoms with Gasteiger partial charge in [0.25, 0.3) is 0 Å². The lowest BCUT2D eigenvalue weighted by Crippen LogP contribution is -2.21. The van der Waals surface area contributed by atoms with E-state index in [-0.39, 0.29) is 12.1 Å². The molecule has 86 valence electrons. The fraction of sp³-hybridized carbons (Fsp3) is 0.700. The number of aliphatic hydroxyl groups excluding tert-OH is 1. The van der Waals surface area contributed by atoms with E-state index in [2.05, 4.69) is 21.0 Å². The average Bonchev–Trinajstić information content (AvgIpc) is 2.58. The number of nitrogens with zero attached hydrogens (tertiary/aromatic N) is 2. The van der Waals surface area contributed by atoms with Crippen LogP contribution in [-0.2, 0) is 4.74 Å². The van der Waals surface area contributed by atoms with Crippen molar-refractivity contribution in [2.75, 3.05) is 7.11 Å². The molecule has 0 fully saturated rings. The van der Waals surface area contributed by atoms with Gasteiger partial charge in [0.05, 0.1) is 22.5 Å². The van der Waals surface area contributed by atoms with Crippen molar-refractivity contribution in [1.29, 1.82) is 0 Å². The van der Waals surface area contributed by atoms with E-state index in [9.17, 15) is 5.11 Å². The molecule has 1 aromatic rings. The quantitative estimate of drug-likeness (QED) is 0.918. The Kier molecular flexibility index (Phi) is 4.31. The van der Waals surface area contributed by atoms with E-state index in [0.29, 0.717) is 0 Å². The first kappa shape index (κ1) is 12.7. The molecule has 0 radical (unpaired) electrons. The van der Waals surface area contributed by atoms with Crippen molar-refractivity contribution in [3.05, 3.63) is 16.4 Å². The normalized spacial score (nSPS) is 15.7. The summed E-state index contributed by atoms with van der Waals surface area (Å²) in [4.78, 5) is 0. The summed E-state index contributed by atoms with van der Waals surface area (Å²) in [6, 6.07) is 0.213. The Morgan fingerprint density at radius 3 is 2.53 bits per heavy atom. The van der Waals surface area contributed by atoms with Crippen LogP contribution in [0.25, 0.3) is 0 Å². The van der Waals surface area contributed by atoms with E-state index in [1.54, 1.807) is 18.0 Å². The second kappa shape index (κ2) is 5.09. The Labute approximate surface area is 98.4 Å². The van der Waals surface area contributed by atoms with Gasteiger partial charge in [-0.3, -0.25) is 4.68 Å². The minimum absolute atomic E-state index is 0.213. The summed E-state index contributed by atoms with van der Waals surface area (Å²) in [6.45, 7) is 5.87. The highest BCUT2D eigenvalue weighted by molar-refractivity contribution is 9.10. The number of aromatic nitrogens is 2. The van der Waals surface area contributed by atoms with E-state index in [4.69, 9.17) is 4.74 Å². The molecule has 1 aromatic heterocycles. The predicted molar refractivity (Wildman–Crippen MR) is 61.7 cm³/mol. The highest BCUT2D eigenvalue weighted by Crippen LogP contribution is 2.28. The van der Waals surface area contributed by atoms with Crippen LogP contribution in [0.3, 0.4) is 0 Å². The molecular formula is C10H17BrN2O2. The third-order valence-electron chi connectivity index (χ3n) is 2.37. The van der Waals surface area contributed by atoms with Gasteiger partial charge in [-0.1, -0.05) is 0 Å². The molecule has 1 rings (SSSR count). The zero-order chi connectivity index (χ0) is 11.6. The zero-order valence-corrected chi connectivity index (χ0v) is 11.0. The molecule has 0 aliphatic heterocycles. The van der Waals surface area contributed by atoms with Crippen molar-refractivity contribution in [1.82, 2.24) is 9.78 Å². The molecule has 0 aromatic carbocycles. The van der Waals surface area contributed by atoms with Gasteiger partial charge in [-0.25, -0.2) is 0 Å². The van der Waals surface area contributed by atoms with E-state index < -0.39 is 6.10 Å². The van der Waals surface area contributed by atoms with Crippen LogP contribution in [-0.4, -0.2) is 28.1 Å². The topological polar surface area (TPSA) is 47.3 Å². The zero-order valence-electron chi connectivity index (χ0n) is 9.44. The van der Waals surface area contributed by atoms with Crippen LogP contribution >= 0.6 is 15.9 Å². The molecule has 0 aliphatic carbocycles. The lowest BCUT2D eigenvalue weighted by atomic mass is 10.1. The van der Waals surface area contributed by atoms with Crippen LogP contribution in [0.15, 0.2) is 10.7 Å². The van der Waals surface area contributed by atoms with Crippen molar-refractivity contribution in [3.8, 4) is 0 Å². The molecule has 2 atom stereocenters. The monoisotopic (exact) mass is 276 g/mol. The van der Waals surface area contributed by atoms with E-state index in [0.717, 1.165) is 10.2 Å². The molecule has 0 amide bonds. The Morgan fingerprint density at radius 1 is 1.47 bits per heavy atom. The number of halogens is 1. The Bertz CT molecular complexity index is 325. The number of aliphatic hydroxyl groups is 1. The highest BCUT2D eigenvalue weighted by atomic mass is 79.9. The van der Waals surface area contributed by atoms with Gasteiger partial charge in [0.2, 0.25) is 0 Å². The maximum Gasteiger partial charge on any atom is 0.123 e. The molecule has 5 heteroatoms. The van der Waals surface area contributed by atoms with Gasteiger partial charge in [-0.15, -0.1) is 0 Å². The molecule has 0 saturated carbocycles. The van der Waals surface area contributed by atoms with Gasteiger partial charge in [-0.2, -0.15) is 5.10 Å². The molecule has 4 nitrogen and oxygen atoms in total. The predicted octanol–water partition coefficient (Wildman–Crippen LogP) is 2.29. The third kappa shape index (κ3) is 2.59. The maximum atomic E-state index is 10.1. The van der Waals surface area contributed by atoms with Crippen LogP contribution in [0.1, 0.15) is 38.6 Å². The minimum Gasteiger partial charge on any atom is -0.384 e. The fourth-order valence-electron chi connectivity index (χ4n) is 1.39. The van der Waals surface area contributed by atoms with Crippen LogP contribution in [0.4, 0.5) is 0 Å². The van der Waals surface area contributed by atoms with Gasteiger partial charge >= 0.3 is 0 Å². The van der Waals surface area contributed by atoms with Crippen molar-refractivity contribution in [2.24, 2.45) is 0 Å². The smallest absolute Gasteiger partial charge is 0.123 e. The van der Waals surface area contributed by atoms with Crippen molar-refractivity contribution < 1.29 is 9.84 Å². The first-order chi connectivity index (χ1) is 6.99. The van der Waals surface area contributed by atoms with Crippen LogP contribution in [0, 0.1) is 0 Å². The molecule has 1 N–H and O–H groups in total. The van der Waals surface area contributed by atoms with Crippen LogP contribution in [0.5, 0.6) is 0 Å². The highest BCUT2D eigenvalue weighted by Gasteiger charge is 2.24. The number of ether oxygens (including phenoxy) is 1. The molecular weight excluding hydrogens is 260 g/mol. The van der Waals surface area contributed by atoms with Gasteiger partial charge in [0.15, 0.2) is 0 Å². The van der Waals surface area contributed by atoms with Gasteiger partial charge in [-0.05, 0) is 36.7 Å². The Balaban J connectivity index is 3.06. The summed E-state index contributed by atoms with van der Waals surface area (Å²) in [7, 11) is 1.58. The largest absolute Gasteiger partial charge is 0.384 e. The molecule has 1 heterocycles. The SMILES string of the molecule is COC(C)C(O)c1c(Br)cnn1C(C)C. The molecule has 0 aliphatic rings. The number of hydrogen-bond donors (Lipinski definition) is 1. The molecule has 15 heavy (non-hydrogen) atoms. The molecule has 2 unspecified atom stereocenters. The van der Waals surface area contributed by atoms with Crippen molar-refractivity contribution in [2.45, 2.75) is 39.0 Å². The van der Waals surface area contributed by atoms with Gasteiger partial charge < -0.3 is 9.84 Å². The van der Waals surface area contributed by atoms with Crippen LogP contribution in [0.2, 0.25) is 0 Å². The maximum absolute atomic E-state index is 10.1. The summed E-state index contributed by atoms with van der Waals surface area (Å²) in [5.74, 6) is 0. The van der Waals surface area contributed by atoms with Crippen molar-refractivity contribution in [3.63, 3.8) is 0 Å². The summed E-state index contributed by atoms with van der Waals surface area (Å²) < 4.78 is 7.72. The molecule has 0 saturated heterocycles. The second-order valence-corrected chi connectivity index (χ2v) is 4.66. The second-order valence-electron chi connectivity index (χ2n) is 3.80. The molecule has 0 bridgehead atoms. The standard InChI is InChI=1S/C10H17BrN2O2/c1-6(2)13-9(8(11)5-12-13)10(14)7(3)15-4/h5-7,10,14H,1-4H3. The van der Waals surface area contributed by atoms with E-state index in [1.807, 2.05) is 20.8 Å². The Morgan fingerprint density at radius 2 is 2.07 bits per heavy atom. The van der Waals surface area contributed by atoms with Gasteiger partial charge in [0.1, 0.15) is 6.10 Å². The number of hydrogen-bond acceptors (Lipinski definition) is 3. The minimum atomic E-state index is -0.672. The first-order valence-corrected chi connectivity index (χ1v) is 5.72. The third-order valence-corrected chi connectivity index (χ3v) is 2.98. The number of rotatable bonds is 4. The molecule has 0 spiro atoms. The number of methoxy groups -OCH3 is 1. The average molecular weight is 277 g/mol. The lowest BCUT2D eigenvalue weighted by Gasteiger charge is -2.20. The summed E-state index contributed by atoms with van der Waals surface area (Å²) >= 11 is 3.38.